The molecule has 1 fully saturated rings. The molecule has 3 rings (SSSR count). The molecule has 0 radical (unpaired) electrons. The van der Waals surface area contributed by atoms with E-state index in [-0.39, 0.29) is 34.1 Å². The average Bonchev–Trinajstić information content (AvgIpc) is 3.23. The van der Waals surface area contributed by atoms with Gasteiger partial charge in [-0.2, -0.15) is 9.78 Å². The van der Waals surface area contributed by atoms with Gasteiger partial charge in [-0.05, 0) is 34.7 Å². The molecule has 2 amide bonds. The van der Waals surface area contributed by atoms with Crippen LogP contribution in [-0.4, -0.2) is 67.5 Å². The lowest BCUT2D eigenvalue weighted by atomic mass is 10.2. The van der Waals surface area contributed by atoms with Gasteiger partial charge in [-0.1, -0.05) is 0 Å². The summed E-state index contributed by atoms with van der Waals surface area (Å²) in [4.78, 5) is 37.5. The second-order valence-electron chi connectivity index (χ2n) is 6.31. The summed E-state index contributed by atoms with van der Waals surface area (Å²) in [5.41, 5.74) is 1.01. The van der Waals surface area contributed by atoms with E-state index in [1.54, 1.807) is 11.8 Å². The minimum atomic E-state index is -0.629. The zero-order valence-corrected chi connectivity index (χ0v) is 17.5. The van der Waals surface area contributed by atoms with Crippen molar-refractivity contribution in [3.8, 4) is 0 Å². The number of aryl methyl sites for hydroxylation is 1. The van der Waals surface area contributed by atoms with Crippen LogP contribution in [0, 0.1) is 17.0 Å². The van der Waals surface area contributed by atoms with E-state index < -0.39 is 10.8 Å². The maximum atomic E-state index is 12.9. The van der Waals surface area contributed by atoms with E-state index in [2.05, 4.69) is 31.4 Å². The fourth-order valence-electron chi connectivity index (χ4n) is 2.96. The molecule has 156 valence electrons. The molecule has 0 unspecified atom stereocenters. The monoisotopic (exact) mass is 469 g/mol. The van der Waals surface area contributed by atoms with Crippen molar-refractivity contribution in [3.63, 3.8) is 0 Å². The van der Waals surface area contributed by atoms with Gasteiger partial charge in [0.15, 0.2) is 0 Å². The number of halogens is 1. The molecule has 0 aromatic carbocycles. The van der Waals surface area contributed by atoms with Crippen LogP contribution in [0.1, 0.15) is 23.1 Å². The zero-order chi connectivity index (χ0) is 21.1. The van der Waals surface area contributed by atoms with Crippen molar-refractivity contribution in [1.82, 2.24) is 24.5 Å². The van der Waals surface area contributed by atoms with Crippen LogP contribution in [0.2, 0.25) is 0 Å². The van der Waals surface area contributed by atoms with Crippen molar-refractivity contribution in [2.45, 2.75) is 26.9 Å². The fraction of sp³-hybridized carbons (Fsp3) is 0.500. The molecule has 1 N–H and O–H groups in total. The number of carbonyl (C=O) groups excluding carboxylic acids is 2. The summed E-state index contributed by atoms with van der Waals surface area (Å²) >= 11 is 3.12. The molecular formula is C16H20BrN7O5. The molecule has 2 aromatic heterocycles. The van der Waals surface area contributed by atoms with E-state index in [1.807, 2.05) is 6.92 Å². The average molecular weight is 470 g/mol. The summed E-state index contributed by atoms with van der Waals surface area (Å²) < 4.78 is 8.25. The van der Waals surface area contributed by atoms with Gasteiger partial charge in [0.05, 0.1) is 35.9 Å². The van der Waals surface area contributed by atoms with E-state index in [0.717, 1.165) is 0 Å². The van der Waals surface area contributed by atoms with Gasteiger partial charge in [0.25, 0.3) is 5.91 Å². The van der Waals surface area contributed by atoms with Crippen LogP contribution in [-0.2, 0) is 22.6 Å². The van der Waals surface area contributed by atoms with Gasteiger partial charge in [0.2, 0.25) is 5.91 Å². The number of rotatable bonds is 6. The smallest absolute Gasteiger partial charge is 0.378 e. The van der Waals surface area contributed by atoms with Gasteiger partial charge in [-0.3, -0.25) is 14.3 Å². The third-order valence-corrected chi connectivity index (χ3v) is 5.43. The van der Waals surface area contributed by atoms with Crippen molar-refractivity contribution in [2.75, 3.05) is 31.6 Å². The number of nitro groups is 1. The summed E-state index contributed by atoms with van der Waals surface area (Å²) in [6, 6.07) is 0. The van der Waals surface area contributed by atoms with Gasteiger partial charge in [-0.25, -0.2) is 0 Å². The van der Waals surface area contributed by atoms with Crippen LogP contribution in [0.25, 0.3) is 0 Å². The summed E-state index contributed by atoms with van der Waals surface area (Å²) in [6.07, 6.45) is 1.42. The van der Waals surface area contributed by atoms with Crippen LogP contribution in [0.3, 0.4) is 0 Å². The Morgan fingerprint density at radius 1 is 1.34 bits per heavy atom. The number of amides is 2. The maximum absolute atomic E-state index is 12.9. The summed E-state index contributed by atoms with van der Waals surface area (Å²) in [6.45, 7) is 5.51. The molecule has 13 heteroatoms. The molecule has 0 aliphatic carbocycles. The largest absolute Gasteiger partial charge is 0.404 e. The first-order valence-electron chi connectivity index (χ1n) is 8.93. The molecule has 1 saturated heterocycles. The Morgan fingerprint density at radius 3 is 2.62 bits per heavy atom. The highest BCUT2D eigenvalue weighted by molar-refractivity contribution is 9.10. The quantitative estimate of drug-likeness (QED) is 0.495. The Hall–Kier alpha value is -2.80. The SMILES string of the molecule is CCn1ncc(NC(=O)Cn2nc([N+](=O)[O-])c(Br)c2C)c1C(=O)N1CCOCC1. The highest BCUT2D eigenvalue weighted by atomic mass is 79.9. The Balaban J connectivity index is 1.79. The minimum absolute atomic E-state index is 0.220. The normalized spacial score (nSPS) is 14.1. The molecule has 0 atom stereocenters. The molecule has 29 heavy (non-hydrogen) atoms. The number of carbonyl (C=O) groups is 2. The van der Waals surface area contributed by atoms with E-state index in [4.69, 9.17) is 4.74 Å². The molecule has 2 aromatic rings. The number of morpholine rings is 1. The van der Waals surface area contributed by atoms with Gasteiger partial charge >= 0.3 is 5.82 Å². The minimum Gasteiger partial charge on any atom is -0.378 e. The Bertz CT molecular complexity index is 948. The van der Waals surface area contributed by atoms with Crippen LogP contribution in [0.4, 0.5) is 11.5 Å². The first-order valence-corrected chi connectivity index (χ1v) is 9.72. The second kappa shape index (κ2) is 8.69. The summed E-state index contributed by atoms with van der Waals surface area (Å²) in [7, 11) is 0. The van der Waals surface area contributed by atoms with Gasteiger partial charge in [0, 0.05) is 19.6 Å². The van der Waals surface area contributed by atoms with Crippen LogP contribution >= 0.6 is 15.9 Å². The van der Waals surface area contributed by atoms with Crippen molar-refractivity contribution in [2.24, 2.45) is 0 Å². The third kappa shape index (κ3) is 4.29. The Kier molecular flexibility index (Phi) is 6.27. The molecule has 1 aliphatic rings. The van der Waals surface area contributed by atoms with E-state index in [1.165, 1.54) is 15.6 Å². The van der Waals surface area contributed by atoms with Gasteiger partial charge in [-0.15, -0.1) is 0 Å². The van der Waals surface area contributed by atoms with E-state index >= 15 is 0 Å². The van der Waals surface area contributed by atoms with Crippen molar-refractivity contribution < 1.29 is 19.2 Å². The number of nitrogens with one attached hydrogen (secondary N) is 1. The molecule has 0 spiro atoms. The highest BCUT2D eigenvalue weighted by Crippen LogP contribution is 2.27. The van der Waals surface area contributed by atoms with Gasteiger partial charge < -0.3 is 25.1 Å². The zero-order valence-electron chi connectivity index (χ0n) is 15.9. The van der Waals surface area contributed by atoms with E-state index in [0.29, 0.717) is 38.5 Å². The van der Waals surface area contributed by atoms with Crippen molar-refractivity contribution in [1.29, 1.82) is 0 Å². The number of hydrogen-bond donors (Lipinski definition) is 1. The van der Waals surface area contributed by atoms with Crippen LogP contribution in [0.5, 0.6) is 0 Å². The molecule has 0 saturated carbocycles. The summed E-state index contributed by atoms with van der Waals surface area (Å²) in [5, 5.41) is 21.7. The predicted molar refractivity (Wildman–Crippen MR) is 105 cm³/mol. The lowest BCUT2D eigenvalue weighted by molar-refractivity contribution is -0.390. The number of nitrogens with zero attached hydrogens (tertiary/aromatic N) is 6. The van der Waals surface area contributed by atoms with Gasteiger partial charge in [0.1, 0.15) is 16.7 Å². The lowest BCUT2D eigenvalue weighted by Gasteiger charge is -2.27. The first-order chi connectivity index (χ1) is 13.8. The number of ether oxygens (including phenoxy) is 1. The Morgan fingerprint density at radius 2 is 2.03 bits per heavy atom. The maximum Gasteiger partial charge on any atom is 0.404 e. The number of hydrogen-bond acceptors (Lipinski definition) is 7. The predicted octanol–water partition coefficient (Wildman–Crippen LogP) is 1.19. The fourth-order valence-corrected chi connectivity index (χ4v) is 3.39. The molecular weight excluding hydrogens is 450 g/mol. The standard InChI is InChI=1S/C16H20BrN7O5/c1-3-22-14(16(26)21-4-6-29-7-5-21)11(8-18-22)19-12(25)9-23-10(2)13(17)15(20-23)24(27)28/h8H,3-7,9H2,1-2H3,(H,19,25). The number of aromatic nitrogens is 4. The number of anilines is 1. The lowest BCUT2D eigenvalue weighted by Crippen LogP contribution is -2.41. The van der Waals surface area contributed by atoms with Crippen LogP contribution in [0.15, 0.2) is 10.7 Å². The molecule has 12 nitrogen and oxygen atoms in total. The van der Waals surface area contributed by atoms with E-state index in [9.17, 15) is 19.7 Å². The van der Waals surface area contributed by atoms with Crippen molar-refractivity contribution in [3.05, 3.63) is 32.2 Å². The molecule has 1 aliphatic heterocycles. The van der Waals surface area contributed by atoms with Crippen LogP contribution < -0.4 is 5.32 Å². The molecule has 0 bridgehead atoms. The molecule has 3 heterocycles. The Labute approximate surface area is 174 Å². The third-order valence-electron chi connectivity index (χ3n) is 4.50. The summed E-state index contributed by atoms with van der Waals surface area (Å²) in [5.74, 6) is -1.08. The highest BCUT2D eigenvalue weighted by Gasteiger charge is 2.28. The van der Waals surface area contributed by atoms with Crippen molar-refractivity contribution >= 4 is 39.2 Å². The topological polar surface area (TPSA) is 137 Å². The first kappa shape index (κ1) is 20.9. The second-order valence-corrected chi connectivity index (χ2v) is 7.11.